The zero-order valence-corrected chi connectivity index (χ0v) is 23.6. The van der Waals surface area contributed by atoms with Crippen LogP contribution < -0.4 is 9.64 Å². The van der Waals surface area contributed by atoms with E-state index in [0.29, 0.717) is 12.0 Å². The van der Waals surface area contributed by atoms with Crippen LogP contribution in [0.1, 0.15) is 61.0 Å². The number of rotatable bonds is 9. The van der Waals surface area contributed by atoms with Gasteiger partial charge in [-0.1, -0.05) is 48.5 Å². The molecule has 0 N–H and O–H groups in total. The quantitative estimate of drug-likeness (QED) is 0.314. The summed E-state index contributed by atoms with van der Waals surface area (Å²) in [6.45, 7) is 11.7. The fourth-order valence-corrected chi connectivity index (χ4v) is 6.21. The topological polar surface area (TPSA) is 36.0 Å². The highest BCUT2D eigenvalue weighted by molar-refractivity contribution is 5.94. The van der Waals surface area contributed by atoms with E-state index in [1.165, 1.54) is 29.7 Å². The minimum atomic E-state index is 0.181. The monoisotopic (exact) mass is 525 g/mol. The van der Waals surface area contributed by atoms with E-state index in [-0.39, 0.29) is 5.91 Å². The van der Waals surface area contributed by atoms with Gasteiger partial charge < -0.3 is 14.5 Å². The number of piperidine rings is 2. The number of amides is 1. The summed E-state index contributed by atoms with van der Waals surface area (Å²) in [7, 11) is 0. The van der Waals surface area contributed by atoms with Crippen LogP contribution in [0.4, 0.5) is 5.69 Å². The molecule has 206 valence electrons. The second-order valence-corrected chi connectivity index (χ2v) is 11.2. The van der Waals surface area contributed by atoms with Crippen molar-refractivity contribution in [1.82, 2.24) is 9.80 Å². The van der Waals surface area contributed by atoms with E-state index in [1.807, 2.05) is 18.2 Å². The lowest BCUT2D eigenvalue weighted by Gasteiger charge is -2.47. The molecular weight excluding hydrogens is 482 g/mol. The van der Waals surface area contributed by atoms with Crippen LogP contribution in [0.3, 0.4) is 0 Å². The number of benzene rings is 3. The highest BCUT2D eigenvalue weighted by Gasteiger charge is 2.38. The Kier molecular flexibility index (Phi) is 8.88. The molecule has 0 aliphatic carbocycles. The molecule has 2 aliphatic rings. The summed E-state index contributed by atoms with van der Waals surface area (Å²) < 4.78 is 6.21. The molecule has 5 rings (SSSR count). The van der Waals surface area contributed by atoms with Gasteiger partial charge in [-0.2, -0.15) is 0 Å². The van der Waals surface area contributed by atoms with Crippen LogP contribution >= 0.6 is 0 Å². The molecule has 2 aliphatic heterocycles. The van der Waals surface area contributed by atoms with E-state index in [4.69, 9.17) is 4.74 Å². The number of carbonyl (C=O) groups excluding carboxylic acids is 1. The Labute approximate surface area is 234 Å². The number of ether oxygens (including phenoxy) is 1. The summed E-state index contributed by atoms with van der Waals surface area (Å²) in [6.07, 6.45) is 4.64. The van der Waals surface area contributed by atoms with Crippen molar-refractivity contribution in [3.8, 4) is 5.75 Å². The van der Waals surface area contributed by atoms with E-state index < -0.39 is 0 Å². The Hall–Kier alpha value is -3.31. The first-order valence-corrected chi connectivity index (χ1v) is 14.7. The zero-order valence-electron chi connectivity index (χ0n) is 23.6. The molecule has 5 nitrogen and oxygen atoms in total. The van der Waals surface area contributed by atoms with E-state index >= 15 is 0 Å². The predicted octanol–water partition coefficient (Wildman–Crippen LogP) is 6.63. The van der Waals surface area contributed by atoms with Crippen molar-refractivity contribution in [3.05, 3.63) is 95.6 Å². The summed E-state index contributed by atoms with van der Waals surface area (Å²) in [6, 6.07) is 27.0. The third-order valence-corrected chi connectivity index (χ3v) is 8.87. The number of hydrogen-bond acceptors (Lipinski definition) is 4. The summed E-state index contributed by atoms with van der Waals surface area (Å²) >= 11 is 0. The number of hydrogen-bond donors (Lipinski definition) is 0. The normalized spacial score (nSPS) is 17.2. The Bertz CT molecular complexity index is 1190. The summed E-state index contributed by atoms with van der Waals surface area (Å²) in [5.41, 5.74) is 4.82. The molecule has 2 fully saturated rings. The van der Waals surface area contributed by atoms with Gasteiger partial charge in [0.1, 0.15) is 12.4 Å². The van der Waals surface area contributed by atoms with Gasteiger partial charge in [0.05, 0.1) is 0 Å². The SMILES string of the molecule is CCN(CC)c1ccc(C(=O)N2CCC3(CCN(Cc4ccccc4OCc4ccccc4)CC3)CC2)cc1. The Morgan fingerprint density at radius 2 is 1.41 bits per heavy atom. The van der Waals surface area contributed by atoms with Crippen molar-refractivity contribution in [2.45, 2.75) is 52.7 Å². The maximum Gasteiger partial charge on any atom is 0.253 e. The minimum absolute atomic E-state index is 0.181. The van der Waals surface area contributed by atoms with Gasteiger partial charge >= 0.3 is 0 Å². The lowest BCUT2D eigenvalue weighted by Crippen LogP contribution is -2.48. The number of likely N-dealkylation sites (tertiary alicyclic amines) is 2. The molecule has 1 spiro atoms. The van der Waals surface area contributed by atoms with Crippen molar-refractivity contribution in [2.75, 3.05) is 44.2 Å². The lowest BCUT2D eigenvalue weighted by molar-refractivity contribution is 0.0283. The lowest BCUT2D eigenvalue weighted by atomic mass is 9.71. The van der Waals surface area contributed by atoms with Crippen molar-refractivity contribution in [3.63, 3.8) is 0 Å². The van der Waals surface area contributed by atoms with Crippen LogP contribution in [-0.4, -0.2) is 55.0 Å². The fourth-order valence-electron chi connectivity index (χ4n) is 6.21. The highest BCUT2D eigenvalue weighted by atomic mass is 16.5. The predicted molar refractivity (Wildman–Crippen MR) is 159 cm³/mol. The summed E-state index contributed by atoms with van der Waals surface area (Å²) in [5.74, 6) is 1.17. The molecule has 0 bridgehead atoms. The number of nitrogens with zero attached hydrogens (tertiary/aromatic N) is 3. The van der Waals surface area contributed by atoms with E-state index in [1.54, 1.807) is 0 Å². The van der Waals surface area contributed by atoms with E-state index in [9.17, 15) is 4.79 Å². The Morgan fingerprint density at radius 1 is 0.795 bits per heavy atom. The first kappa shape index (κ1) is 27.3. The van der Waals surface area contributed by atoms with Gasteiger partial charge in [-0.25, -0.2) is 0 Å². The Balaban J connectivity index is 1.11. The third-order valence-electron chi connectivity index (χ3n) is 8.87. The maximum absolute atomic E-state index is 13.2. The standard InChI is InChI=1S/C34H43N3O2/c1-3-36(4-2)31-16-14-29(15-17-31)33(38)37-24-20-34(21-25-37)18-22-35(23-19-34)26-30-12-8-9-13-32(30)39-27-28-10-6-5-7-11-28/h5-17H,3-4,18-27H2,1-2H3. The summed E-state index contributed by atoms with van der Waals surface area (Å²) in [4.78, 5) is 20.2. The first-order valence-electron chi connectivity index (χ1n) is 14.7. The summed E-state index contributed by atoms with van der Waals surface area (Å²) in [5, 5.41) is 0. The molecule has 3 aromatic rings. The maximum atomic E-state index is 13.2. The molecule has 0 saturated carbocycles. The van der Waals surface area contributed by atoms with Gasteiger partial charge in [0.15, 0.2) is 0 Å². The van der Waals surface area contributed by atoms with Crippen LogP contribution in [0.2, 0.25) is 0 Å². The average Bonchev–Trinajstić information content (AvgIpc) is 2.99. The van der Waals surface area contributed by atoms with E-state index in [2.05, 4.69) is 89.2 Å². The molecule has 2 heterocycles. The highest BCUT2D eigenvalue weighted by Crippen LogP contribution is 2.42. The van der Waals surface area contributed by atoms with Crippen LogP contribution in [0.15, 0.2) is 78.9 Å². The number of anilines is 1. The molecule has 2 saturated heterocycles. The fraction of sp³-hybridized carbons (Fsp3) is 0.441. The van der Waals surface area contributed by atoms with Crippen molar-refractivity contribution >= 4 is 11.6 Å². The zero-order chi connectivity index (χ0) is 27.1. The molecule has 0 atom stereocenters. The minimum Gasteiger partial charge on any atom is -0.489 e. The molecule has 39 heavy (non-hydrogen) atoms. The van der Waals surface area contributed by atoms with Gasteiger partial charge in [-0.3, -0.25) is 9.69 Å². The van der Waals surface area contributed by atoms with Crippen molar-refractivity contribution in [2.24, 2.45) is 5.41 Å². The van der Waals surface area contributed by atoms with Gasteiger partial charge in [-0.15, -0.1) is 0 Å². The van der Waals surface area contributed by atoms with Crippen LogP contribution in [-0.2, 0) is 13.2 Å². The number of para-hydroxylation sites is 1. The van der Waals surface area contributed by atoms with Crippen molar-refractivity contribution in [1.29, 1.82) is 0 Å². The van der Waals surface area contributed by atoms with E-state index in [0.717, 1.165) is 70.0 Å². The Morgan fingerprint density at radius 3 is 2.08 bits per heavy atom. The number of carbonyl (C=O) groups is 1. The smallest absolute Gasteiger partial charge is 0.253 e. The van der Waals surface area contributed by atoms with Gasteiger partial charge in [0.25, 0.3) is 5.91 Å². The average molecular weight is 526 g/mol. The molecular formula is C34H43N3O2. The molecule has 5 heteroatoms. The molecule has 3 aromatic carbocycles. The van der Waals surface area contributed by atoms with Gasteiger partial charge in [0, 0.05) is 49.5 Å². The third kappa shape index (κ3) is 6.65. The van der Waals surface area contributed by atoms with Crippen molar-refractivity contribution < 1.29 is 9.53 Å². The molecule has 0 radical (unpaired) electrons. The van der Waals surface area contributed by atoms with Crippen LogP contribution in [0, 0.1) is 5.41 Å². The second-order valence-electron chi connectivity index (χ2n) is 11.2. The van der Waals surface area contributed by atoms with Crippen LogP contribution in [0.5, 0.6) is 5.75 Å². The second kappa shape index (κ2) is 12.7. The van der Waals surface area contributed by atoms with Gasteiger partial charge in [-0.05, 0) is 93.9 Å². The van der Waals surface area contributed by atoms with Crippen LogP contribution in [0.25, 0.3) is 0 Å². The largest absolute Gasteiger partial charge is 0.489 e. The molecule has 1 amide bonds. The molecule has 0 aromatic heterocycles. The first-order chi connectivity index (χ1) is 19.1. The molecule has 0 unspecified atom stereocenters. The van der Waals surface area contributed by atoms with Gasteiger partial charge in [0.2, 0.25) is 0 Å².